The minimum Gasteiger partial charge on any atom is -0.444 e. The first kappa shape index (κ1) is 24.7. The van der Waals surface area contributed by atoms with Crippen LogP contribution in [-0.4, -0.2) is 52.6 Å². The zero-order chi connectivity index (χ0) is 20.5. The number of amides is 2. The first-order valence-electron chi connectivity index (χ1n) is 9.47. The Morgan fingerprint density at radius 3 is 2.08 bits per heavy atom. The van der Waals surface area contributed by atoms with E-state index in [1.165, 1.54) is 0 Å². The van der Waals surface area contributed by atoms with E-state index in [0.29, 0.717) is 6.42 Å². The molecular weight excluding hydrogens is 336 g/mol. The standard InChI is InChI=1S/C19H38N2O5/c1-8-13(4)15(11-22)20-17(24)10-16(23)14(9-12(2)3)21-18(25)26-19(5,6)7/h12-16,22-23H,8-11H2,1-7H3,(H,20,24)(H,21,25)/t13?,14?,15-,16?/m1/s1. The summed E-state index contributed by atoms with van der Waals surface area (Å²) in [5.74, 6) is 0.00184. The number of aliphatic hydroxyl groups is 2. The Bertz CT molecular complexity index is 434. The summed E-state index contributed by atoms with van der Waals surface area (Å²) >= 11 is 0. The van der Waals surface area contributed by atoms with Crippen LogP contribution in [0.1, 0.15) is 67.7 Å². The van der Waals surface area contributed by atoms with Gasteiger partial charge in [0.1, 0.15) is 5.60 Å². The second-order valence-corrected chi connectivity index (χ2v) is 8.40. The van der Waals surface area contributed by atoms with Crippen molar-refractivity contribution in [3.8, 4) is 0 Å². The highest BCUT2D eigenvalue weighted by atomic mass is 16.6. The highest BCUT2D eigenvalue weighted by molar-refractivity contribution is 5.77. The van der Waals surface area contributed by atoms with Gasteiger partial charge in [0.2, 0.25) is 5.91 Å². The largest absolute Gasteiger partial charge is 0.444 e. The summed E-state index contributed by atoms with van der Waals surface area (Å²) in [7, 11) is 0. The van der Waals surface area contributed by atoms with Crippen LogP contribution in [0.2, 0.25) is 0 Å². The van der Waals surface area contributed by atoms with Gasteiger partial charge >= 0.3 is 6.09 Å². The summed E-state index contributed by atoms with van der Waals surface area (Å²) < 4.78 is 5.24. The van der Waals surface area contributed by atoms with E-state index in [1.807, 2.05) is 27.7 Å². The average molecular weight is 375 g/mol. The molecule has 154 valence electrons. The van der Waals surface area contributed by atoms with Gasteiger partial charge in [-0.15, -0.1) is 0 Å². The lowest BCUT2D eigenvalue weighted by Crippen LogP contribution is -2.49. The molecule has 0 saturated heterocycles. The Morgan fingerprint density at radius 1 is 1.08 bits per heavy atom. The molecule has 0 rings (SSSR count). The number of carbonyl (C=O) groups excluding carboxylic acids is 2. The minimum absolute atomic E-state index is 0.132. The molecule has 0 fully saturated rings. The van der Waals surface area contributed by atoms with Gasteiger partial charge in [-0.1, -0.05) is 34.1 Å². The van der Waals surface area contributed by atoms with Gasteiger partial charge in [-0.05, 0) is 39.0 Å². The van der Waals surface area contributed by atoms with Crippen molar-refractivity contribution in [1.82, 2.24) is 10.6 Å². The van der Waals surface area contributed by atoms with Gasteiger partial charge < -0.3 is 25.6 Å². The van der Waals surface area contributed by atoms with Crippen molar-refractivity contribution in [3.05, 3.63) is 0 Å². The van der Waals surface area contributed by atoms with Crippen molar-refractivity contribution >= 4 is 12.0 Å². The van der Waals surface area contributed by atoms with Crippen molar-refractivity contribution in [2.24, 2.45) is 11.8 Å². The maximum absolute atomic E-state index is 12.2. The van der Waals surface area contributed by atoms with Crippen molar-refractivity contribution in [1.29, 1.82) is 0 Å². The molecule has 0 bridgehead atoms. The van der Waals surface area contributed by atoms with Crippen LogP contribution < -0.4 is 10.6 Å². The molecule has 0 aromatic carbocycles. The molecule has 0 spiro atoms. The molecule has 0 aliphatic carbocycles. The number of hydrogen-bond acceptors (Lipinski definition) is 5. The second kappa shape index (κ2) is 11.4. The van der Waals surface area contributed by atoms with Gasteiger partial charge in [0.25, 0.3) is 0 Å². The molecule has 0 saturated carbocycles. The number of nitrogens with one attached hydrogen (secondary N) is 2. The van der Waals surface area contributed by atoms with Gasteiger partial charge in [-0.3, -0.25) is 4.79 Å². The quantitative estimate of drug-likeness (QED) is 0.469. The number of hydrogen-bond donors (Lipinski definition) is 4. The van der Waals surface area contributed by atoms with Gasteiger partial charge in [-0.2, -0.15) is 0 Å². The monoisotopic (exact) mass is 374 g/mol. The maximum atomic E-state index is 12.2. The molecule has 3 unspecified atom stereocenters. The van der Waals surface area contributed by atoms with E-state index in [0.717, 1.165) is 6.42 Å². The number of alkyl carbamates (subject to hydrolysis) is 1. The summed E-state index contributed by atoms with van der Waals surface area (Å²) in [6, 6.07) is -0.936. The Kier molecular flexibility index (Phi) is 10.8. The first-order chi connectivity index (χ1) is 11.9. The van der Waals surface area contributed by atoms with Crippen LogP contribution in [0, 0.1) is 11.8 Å². The molecule has 4 N–H and O–H groups in total. The minimum atomic E-state index is -1.04. The lowest BCUT2D eigenvalue weighted by Gasteiger charge is -2.28. The molecule has 0 radical (unpaired) electrons. The van der Waals surface area contributed by atoms with E-state index in [9.17, 15) is 19.8 Å². The molecular formula is C19H38N2O5. The zero-order valence-electron chi connectivity index (χ0n) is 17.3. The third-order valence-corrected chi connectivity index (χ3v) is 4.16. The van der Waals surface area contributed by atoms with Crippen LogP contribution in [0.15, 0.2) is 0 Å². The summed E-state index contributed by atoms with van der Waals surface area (Å²) in [5.41, 5.74) is -0.639. The van der Waals surface area contributed by atoms with Crippen LogP contribution in [0.5, 0.6) is 0 Å². The Hall–Kier alpha value is -1.34. The molecule has 0 heterocycles. The summed E-state index contributed by atoms with van der Waals surface area (Å²) in [5, 5.41) is 25.3. The molecule has 7 heteroatoms. The van der Waals surface area contributed by atoms with Gasteiger partial charge in [0, 0.05) is 0 Å². The average Bonchev–Trinajstić information content (AvgIpc) is 2.48. The third kappa shape index (κ3) is 10.6. The van der Waals surface area contributed by atoms with Crippen molar-refractivity contribution in [3.63, 3.8) is 0 Å². The molecule has 0 aliphatic rings. The summed E-state index contributed by atoms with van der Waals surface area (Å²) in [4.78, 5) is 24.2. The van der Waals surface area contributed by atoms with E-state index in [1.54, 1.807) is 20.8 Å². The molecule has 2 amide bonds. The molecule has 4 atom stereocenters. The highest BCUT2D eigenvalue weighted by Gasteiger charge is 2.28. The Labute approximate surface area is 157 Å². The summed E-state index contributed by atoms with van der Waals surface area (Å²) in [6.45, 7) is 13.0. The number of rotatable bonds is 10. The normalized spacial score (nSPS) is 16.5. The van der Waals surface area contributed by atoms with Crippen LogP contribution in [0.3, 0.4) is 0 Å². The Morgan fingerprint density at radius 2 is 1.65 bits per heavy atom. The van der Waals surface area contributed by atoms with E-state index >= 15 is 0 Å². The number of aliphatic hydroxyl groups excluding tert-OH is 2. The zero-order valence-corrected chi connectivity index (χ0v) is 17.3. The van der Waals surface area contributed by atoms with Crippen molar-refractivity contribution < 1.29 is 24.5 Å². The fourth-order valence-corrected chi connectivity index (χ4v) is 2.53. The fraction of sp³-hybridized carbons (Fsp3) is 0.895. The third-order valence-electron chi connectivity index (χ3n) is 4.16. The van der Waals surface area contributed by atoms with Crippen LogP contribution in [0.4, 0.5) is 4.79 Å². The van der Waals surface area contributed by atoms with Gasteiger partial charge in [0.05, 0.1) is 31.2 Å². The number of carbonyl (C=O) groups is 2. The lowest BCUT2D eigenvalue weighted by molar-refractivity contribution is -0.125. The number of ether oxygens (including phenoxy) is 1. The van der Waals surface area contributed by atoms with Crippen LogP contribution >= 0.6 is 0 Å². The fourth-order valence-electron chi connectivity index (χ4n) is 2.53. The molecule has 26 heavy (non-hydrogen) atoms. The van der Waals surface area contributed by atoms with Crippen LogP contribution in [-0.2, 0) is 9.53 Å². The second-order valence-electron chi connectivity index (χ2n) is 8.40. The predicted molar refractivity (Wildman–Crippen MR) is 102 cm³/mol. The van der Waals surface area contributed by atoms with Crippen molar-refractivity contribution in [2.45, 2.75) is 91.5 Å². The van der Waals surface area contributed by atoms with Gasteiger partial charge in [0.15, 0.2) is 0 Å². The molecule has 0 aromatic rings. The predicted octanol–water partition coefficient (Wildman–Crippen LogP) is 2.20. The highest BCUT2D eigenvalue weighted by Crippen LogP contribution is 2.14. The van der Waals surface area contributed by atoms with E-state index in [2.05, 4.69) is 10.6 Å². The van der Waals surface area contributed by atoms with E-state index in [4.69, 9.17) is 4.74 Å². The van der Waals surface area contributed by atoms with E-state index < -0.39 is 23.8 Å². The molecule has 7 nitrogen and oxygen atoms in total. The lowest BCUT2D eigenvalue weighted by atomic mass is 9.96. The maximum Gasteiger partial charge on any atom is 0.407 e. The molecule has 0 aromatic heterocycles. The van der Waals surface area contributed by atoms with Crippen molar-refractivity contribution in [2.75, 3.05) is 6.61 Å². The molecule has 0 aliphatic heterocycles. The first-order valence-corrected chi connectivity index (χ1v) is 9.47. The smallest absolute Gasteiger partial charge is 0.407 e. The van der Waals surface area contributed by atoms with E-state index in [-0.39, 0.29) is 36.8 Å². The van der Waals surface area contributed by atoms with Crippen LogP contribution in [0.25, 0.3) is 0 Å². The Balaban J connectivity index is 4.83. The van der Waals surface area contributed by atoms with Gasteiger partial charge in [-0.25, -0.2) is 4.79 Å². The SMILES string of the molecule is CCC(C)[C@@H](CO)NC(=O)CC(O)C(CC(C)C)NC(=O)OC(C)(C)C. The topological polar surface area (TPSA) is 108 Å². The summed E-state index contributed by atoms with van der Waals surface area (Å²) in [6.07, 6.45) is -0.469.